The molecule has 54 valence electrons. The van der Waals surface area contributed by atoms with E-state index < -0.39 is 0 Å². The quantitative estimate of drug-likeness (QED) is 0.471. The fraction of sp³-hybridized carbons (Fsp3) is 0.500. The monoisotopic (exact) mass is 139 g/mol. The molecule has 0 saturated carbocycles. The number of rotatable bonds is 0. The fourth-order valence-electron chi connectivity index (χ4n) is 1.01. The van der Waals surface area contributed by atoms with Crippen LogP contribution >= 0.6 is 0 Å². The first-order valence-corrected chi connectivity index (χ1v) is 3.30. The van der Waals surface area contributed by atoms with Gasteiger partial charge >= 0.3 is 0 Å². The molecule has 2 aliphatic rings. The molecule has 0 aromatic heterocycles. The van der Waals surface area contributed by atoms with E-state index in [0.29, 0.717) is 6.61 Å². The maximum Gasteiger partial charge on any atom is 0.211 e. The third-order valence-electron chi connectivity index (χ3n) is 1.48. The maximum atomic E-state index is 5.26. The van der Waals surface area contributed by atoms with E-state index in [2.05, 4.69) is 15.6 Å². The average molecular weight is 139 g/mol. The molecule has 0 spiro atoms. The zero-order valence-corrected chi connectivity index (χ0v) is 5.55. The third kappa shape index (κ3) is 0.863. The molecule has 2 rings (SSSR count). The first kappa shape index (κ1) is 5.73. The normalized spacial score (nSPS) is 23.2. The number of hydrogen-bond donors (Lipinski definition) is 2. The van der Waals surface area contributed by atoms with Crippen LogP contribution in [0.3, 0.4) is 0 Å². The Morgan fingerprint density at radius 2 is 2.60 bits per heavy atom. The molecule has 0 aliphatic carbocycles. The van der Waals surface area contributed by atoms with Crippen molar-refractivity contribution in [2.45, 2.75) is 0 Å². The summed E-state index contributed by atoms with van der Waals surface area (Å²) in [7, 11) is 0. The van der Waals surface area contributed by atoms with Gasteiger partial charge in [0.05, 0.1) is 6.67 Å². The summed E-state index contributed by atoms with van der Waals surface area (Å²) in [5.74, 6) is 0.834. The van der Waals surface area contributed by atoms with Crippen LogP contribution in [0.5, 0.6) is 0 Å². The van der Waals surface area contributed by atoms with Crippen molar-refractivity contribution in [2.24, 2.45) is 4.99 Å². The second-order valence-electron chi connectivity index (χ2n) is 2.18. The van der Waals surface area contributed by atoms with Gasteiger partial charge in [0, 0.05) is 12.8 Å². The molecule has 0 saturated heterocycles. The van der Waals surface area contributed by atoms with Gasteiger partial charge in [-0.3, -0.25) is 10.3 Å². The highest BCUT2D eigenvalue weighted by Crippen LogP contribution is 2.09. The summed E-state index contributed by atoms with van der Waals surface area (Å²) in [6, 6.07) is 0. The molecule has 0 aromatic rings. The molecule has 0 radical (unpaired) electrons. The van der Waals surface area contributed by atoms with Crippen LogP contribution in [0, 0.1) is 0 Å². The minimum atomic E-state index is 0.589. The van der Waals surface area contributed by atoms with Gasteiger partial charge in [-0.25, -0.2) is 0 Å². The summed E-state index contributed by atoms with van der Waals surface area (Å²) in [6.45, 7) is 2.17. The Hall–Kier alpha value is -1.03. The lowest BCUT2D eigenvalue weighted by molar-refractivity contribution is 0.214. The van der Waals surface area contributed by atoms with Crippen LogP contribution in [-0.2, 0) is 4.74 Å². The van der Waals surface area contributed by atoms with Crippen molar-refractivity contribution in [3.63, 3.8) is 0 Å². The Morgan fingerprint density at radius 3 is 3.50 bits per heavy atom. The van der Waals surface area contributed by atoms with Gasteiger partial charge in [0.25, 0.3) is 0 Å². The van der Waals surface area contributed by atoms with Gasteiger partial charge in [-0.15, -0.1) is 0 Å². The molecule has 2 heterocycles. The molecule has 0 bridgehead atoms. The van der Waals surface area contributed by atoms with Gasteiger partial charge < -0.3 is 10.1 Å². The molecule has 0 unspecified atom stereocenters. The Bertz CT molecular complexity index is 197. The molecule has 0 fully saturated rings. The summed E-state index contributed by atoms with van der Waals surface area (Å²) in [4.78, 5) is 4.16. The molecule has 2 aliphatic heterocycles. The summed E-state index contributed by atoms with van der Waals surface area (Å²) >= 11 is 0. The fourth-order valence-corrected chi connectivity index (χ4v) is 1.01. The van der Waals surface area contributed by atoms with E-state index in [-0.39, 0.29) is 0 Å². The highest BCUT2D eigenvalue weighted by molar-refractivity contribution is 5.61. The van der Waals surface area contributed by atoms with E-state index in [4.69, 9.17) is 4.74 Å². The second kappa shape index (κ2) is 2.30. The van der Waals surface area contributed by atoms with Crippen LogP contribution in [0.25, 0.3) is 0 Å². The molecule has 0 amide bonds. The van der Waals surface area contributed by atoms with Gasteiger partial charge in [0.2, 0.25) is 5.88 Å². The smallest absolute Gasteiger partial charge is 0.211 e. The Morgan fingerprint density at radius 1 is 1.60 bits per heavy atom. The van der Waals surface area contributed by atoms with E-state index in [1.165, 1.54) is 0 Å². The summed E-state index contributed by atoms with van der Waals surface area (Å²) in [6.07, 6.45) is 1.77. The van der Waals surface area contributed by atoms with Crippen molar-refractivity contribution < 1.29 is 4.74 Å². The number of ether oxygens (including phenoxy) is 1. The van der Waals surface area contributed by atoms with E-state index in [1.807, 2.05) is 0 Å². The number of nitrogens with zero attached hydrogens (tertiary/aromatic N) is 1. The van der Waals surface area contributed by atoms with Crippen LogP contribution in [0.15, 0.2) is 16.6 Å². The molecular formula is C6H9N3O. The lowest BCUT2D eigenvalue weighted by Gasteiger charge is -2.22. The highest BCUT2D eigenvalue weighted by Gasteiger charge is 2.13. The zero-order chi connectivity index (χ0) is 6.81. The van der Waals surface area contributed by atoms with Crippen molar-refractivity contribution in [2.75, 3.05) is 19.8 Å². The van der Waals surface area contributed by atoms with Crippen LogP contribution in [0.2, 0.25) is 0 Å². The van der Waals surface area contributed by atoms with Gasteiger partial charge in [0.1, 0.15) is 12.3 Å². The van der Waals surface area contributed by atoms with Gasteiger partial charge in [0.15, 0.2) is 0 Å². The lowest BCUT2D eigenvalue weighted by Crippen LogP contribution is -2.38. The molecule has 2 N–H and O–H groups in total. The van der Waals surface area contributed by atoms with Crippen LogP contribution in [0.4, 0.5) is 0 Å². The van der Waals surface area contributed by atoms with Crippen molar-refractivity contribution in [1.29, 1.82) is 0 Å². The Labute approximate surface area is 59.0 Å². The first-order chi connectivity index (χ1) is 4.97. The van der Waals surface area contributed by atoms with Crippen molar-refractivity contribution in [1.82, 2.24) is 10.6 Å². The van der Waals surface area contributed by atoms with Crippen LogP contribution in [0.1, 0.15) is 0 Å². The largest absolute Gasteiger partial charge is 0.472 e. The Kier molecular flexibility index (Phi) is 1.32. The average Bonchev–Trinajstić information content (AvgIpc) is 2.05. The van der Waals surface area contributed by atoms with E-state index >= 15 is 0 Å². The van der Waals surface area contributed by atoms with Crippen molar-refractivity contribution in [3.8, 4) is 0 Å². The number of hydrogen-bond acceptors (Lipinski definition) is 4. The molecule has 0 atom stereocenters. The molecule has 4 nitrogen and oxygen atoms in total. The number of aliphatic imine (C=N–C) groups is 1. The maximum absolute atomic E-state index is 5.26. The standard InChI is InChI=1S/C6H9N3O/c1-2-10-6-5(8-1)3-7-4-9-6/h1,7,9H,2-4H2. The number of nitrogens with one attached hydrogen (secondary N) is 2. The molecular weight excluding hydrogens is 130 g/mol. The molecule has 0 aromatic carbocycles. The second-order valence-corrected chi connectivity index (χ2v) is 2.18. The highest BCUT2D eigenvalue weighted by atomic mass is 16.5. The lowest BCUT2D eigenvalue weighted by atomic mass is 10.4. The van der Waals surface area contributed by atoms with Crippen molar-refractivity contribution in [3.05, 3.63) is 11.6 Å². The topological polar surface area (TPSA) is 45.7 Å². The summed E-state index contributed by atoms with van der Waals surface area (Å²) in [5.41, 5.74) is 0.970. The van der Waals surface area contributed by atoms with Crippen LogP contribution < -0.4 is 10.6 Å². The Balaban J connectivity index is 2.23. The van der Waals surface area contributed by atoms with E-state index in [0.717, 1.165) is 24.8 Å². The van der Waals surface area contributed by atoms with Gasteiger partial charge in [-0.05, 0) is 0 Å². The van der Waals surface area contributed by atoms with Gasteiger partial charge in [-0.1, -0.05) is 0 Å². The minimum absolute atomic E-state index is 0.589. The molecule has 4 heteroatoms. The van der Waals surface area contributed by atoms with Crippen LogP contribution in [-0.4, -0.2) is 26.0 Å². The molecule has 10 heavy (non-hydrogen) atoms. The van der Waals surface area contributed by atoms with E-state index in [9.17, 15) is 0 Å². The third-order valence-corrected chi connectivity index (χ3v) is 1.48. The predicted octanol–water partition coefficient (Wildman–Crippen LogP) is -0.593. The minimum Gasteiger partial charge on any atom is -0.472 e. The first-order valence-electron chi connectivity index (χ1n) is 3.30. The van der Waals surface area contributed by atoms with Crippen molar-refractivity contribution >= 4 is 6.21 Å². The zero-order valence-electron chi connectivity index (χ0n) is 5.55. The SMILES string of the molecule is C1=NC2=C(NCNC2)OC1. The predicted molar refractivity (Wildman–Crippen MR) is 37.5 cm³/mol. The van der Waals surface area contributed by atoms with E-state index in [1.54, 1.807) is 6.21 Å². The van der Waals surface area contributed by atoms with Gasteiger partial charge in [-0.2, -0.15) is 0 Å². The summed E-state index contributed by atoms with van der Waals surface area (Å²) < 4.78 is 5.26. The summed E-state index contributed by atoms with van der Waals surface area (Å²) in [5, 5.41) is 6.17.